The summed E-state index contributed by atoms with van der Waals surface area (Å²) in [6.07, 6.45) is 1.58. The molecule has 0 atom stereocenters. The van der Waals surface area contributed by atoms with Crippen molar-refractivity contribution in [3.8, 4) is 22.5 Å². The van der Waals surface area contributed by atoms with Gasteiger partial charge in [0, 0.05) is 11.1 Å². The van der Waals surface area contributed by atoms with Gasteiger partial charge in [0.25, 0.3) is 0 Å². The molecule has 0 amide bonds. The first-order valence-electron chi connectivity index (χ1n) is 10.7. The molecular formula is C27H25ClN6O4. The zero-order chi connectivity index (χ0) is 27.1. The summed E-state index contributed by atoms with van der Waals surface area (Å²) < 4.78 is 9.36. The third-order valence-electron chi connectivity index (χ3n) is 5.28. The van der Waals surface area contributed by atoms with Gasteiger partial charge in [-0.3, -0.25) is 4.98 Å². The summed E-state index contributed by atoms with van der Waals surface area (Å²) in [5.74, 6) is -0.477. The molecule has 0 aliphatic rings. The van der Waals surface area contributed by atoms with E-state index in [-0.39, 0.29) is 30.4 Å². The molecule has 0 aliphatic carbocycles. The molecule has 10 nitrogen and oxygen atoms in total. The van der Waals surface area contributed by atoms with Crippen LogP contribution in [0.5, 0.6) is 0 Å². The first-order chi connectivity index (χ1) is 17.7. The Kier molecular flexibility index (Phi) is 9.91. The largest absolute Gasteiger partial charge is 0.465 e. The summed E-state index contributed by atoms with van der Waals surface area (Å²) in [5, 5.41) is 0.274. The number of H-pyrrole nitrogens is 2. The molecule has 0 fully saturated rings. The summed E-state index contributed by atoms with van der Waals surface area (Å²) in [6.45, 7) is 17.6. The standard InChI is InChI=1S/C13H10ClN3O2.C13H11N3O2.CH4/c1-7-4-5-8(12(18)19-3)6-9(7)10-11(14)17-13(15-2)16-10;1-8-4-5-9(12(17)18-3)6-10(8)11-7-15-13(14-2)16-11;/h4-6H,1,3H3,(H,16,17);4-7H,1,3H3,(H,15,16);1H4. The lowest BCUT2D eigenvalue weighted by Gasteiger charge is -2.04. The molecule has 0 unspecified atom stereocenters. The van der Waals surface area contributed by atoms with Crippen molar-refractivity contribution in [1.29, 1.82) is 0 Å². The van der Waals surface area contributed by atoms with Gasteiger partial charge in [-0.15, -0.1) is 18.1 Å². The van der Waals surface area contributed by atoms with Crippen molar-refractivity contribution in [2.45, 2.75) is 21.3 Å². The van der Waals surface area contributed by atoms with Crippen molar-refractivity contribution in [3.05, 3.63) is 92.8 Å². The molecule has 2 N–H and O–H groups in total. The van der Waals surface area contributed by atoms with E-state index >= 15 is 0 Å². The van der Waals surface area contributed by atoms with Crippen LogP contribution in [0.25, 0.3) is 32.2 Å². The molecule has 4 aromatic rings. The van der Waals surface area contributed by atoms with E-state index < -0.39 is 5.97 Å². The van der Waals surface area contributed by atoms with E-state index in [0.29, 0.717) is 28.1 Å². The average molecular weight is 533 g/mol. The number of carbonyl (C=O) groups is 2. The topological polar surface area (TPSA) is 119 Å². The summed E-state index contributed by atoms with van der Waals surface area (Å²) in [6, 6.07) is 10.4. The molecule has 0 radical (unpaired) electrons. The van der Waals surface area contributed by atoms with E-state index in [1.54, 1.807) is 36.5 Å². The maximum atomic E-state index is 11.5. The second-order valence-corrected chi connectivity index (χ2v) is 7.99. The average Bonchev–Trinajstić information content (AvgIpc) is 3.55. The number of aromatic amines is 2. The Morgan fingerprint density at radius 2 is 1.39 bits per heavy atom. The SMILES string of the molecule is C.[C-]#[N+]c1nc(-c2cc(C(=O)OC)ccc2C)c(Cl)[nH]1.[C-]#[N+]c1ncc(-c2cc(C(=O)OC)ccc2C)[nH]1. The van der Waals surface area contributed by atoms with Gasteiger partial charge in [-0.1, -0.05) is 19.6 Å². The predicted molar refractivity (Wildman–Crippen MR) is 144 cm³/mol. The fourth-order valence-electron chi connectivity index (χ4n) is 3.36. The van der Waals surface area contributed by atoms with Crippen LogP contribution in [0.4, 0.5) is 11.9 Å². The van der Waals surface area contributed by atoms with Gasteiger partial charge in [-0.05, 0) is 60.8 Å². The lowest BCUT2D eigenvalue weighted by Crippen LogP contribution is -2.01. The first kappa shape index (κ1) is 29.3. The van der Waals surface area contributed by atoms with Crippen molar-refractivity contribution in [3.63, 3.8) is 0 Å². The molecule has 194 valence electrons. The number of methoxy groups -OCH3 is 2. The number of carbonyl (C=O) groups excluding carboxylic acids is 2. The van der Waals surface area contributed by atoms with Crippen LogP contribution in [0, 0.1) is 27.0 Å². The minimum Gasteiger partial charge on any atom is -0.465 e. The van der Waals surface area contributed by atoms with Crippen molar-refractivity contribution in [2.75, 3.05) is 14.2 Å². The quantitative estimate of drug-likeness (QED) is 0.222. The third-order valence-corrected chi connectivity index (χ3v) is 5.56. The number of esters is 2. The number of halogens is 1. The molecule has 0 saturated carbocycles. The van der Waals surface area contributed by atoms with Crippen LogP contribution in [0.15, 0.2) is 42.6 Å². The summed E-state index contributed by atoms with van der Waals surface area (Å²) in [7, 11) is 2.66. The van der Waals surface area contributed by atoms with E-state index in [1.807, 2.05) is 19.9 Å². The Morgan fingerprint density at radius 3 is 1.87 bits per heavy atom. The van der Waals surface area contributed by atoms with Gasteiger partial charge in [0.1, 0.15) is 11.9 Å². The third kappa shape index (κ3) is 6.44. The molecule has 2 aromatic carbocycles. The molecule has 11 heteroatoms. The molecular weight excluding hydrogens is 508 g/mol. The highest BCUT2D eigenvalue weighted by Gasteiger charge is 2.18. The number of nitrogens with zero attached hydrogens (tertiary/aromatic N) is 4. The van der Waals surface area contributed by atoms with Gasteiger partial charge in [0.15, 0.2) is 10.8 Å². The molecule has 2 aromatic heterocycles. The summed E-state index contributed by atoms with van der Waals surface area (Å²) in [5.41, 5.74) is 5.46. The second kappa shape index (κ2) is 12.9. The number of nitrogens with one attached hydrogen (secondary N) is 2. The maximum absolute atomic E-state index is 11.5. The van der Waals surface area contributed by atoms with Crippen molar-refractivity contribution < 1.29 is 19.1 Å². The monoisotopic (exact) mass is 532 g/mol. The maximum Gasteiger partial charge on any atom is 0.338 e. The lowest BCUT2D eigenvalue weighted by atomic mass is 10.0. The molecule has 38 heavy (non-hydrogen) atoms. The van der Waals surface area contributed by atoms with Gasteiger partial charge in [0.2, 0.25) is 0 Å². The minimum atomic E-state index is -0.432. The molecule has 0 saturated heterocycles. The summed E-state index contributed by atoms with van der Waals surface area (Å²) >= 11 is 6.02. The fraction of sp³-hybridized carbons (Fsp3) is 0.185. The zero-order valence-corrected chi connectivity index (χ0v) is 21.1. The van der Waals surface area contributed by atoms with Crippen molar-refractivity contribution in [2.24, 2.45) is 0 Å². The number of aromatic nitrogens is 4. The highest BCUT2D eigenvalue weighted by Crippen LogP contribution is 2.31. The molecule has 0 aliphatic heterocycles. The normalized spacial score (nSPS) is 9.66. The fourth-order valence-corrected chi connectivity index (χ4v) is 3.58. The Balaban J connectivity index is 0.000000260. The first-order valence-corrected chi connectivity index (χ1v) is 11.0. The van der Waals surface area contributed by atoms with Crippen molar-refractivity contribution >= 4 is 35.4 Å². The van der Waals surface area contributed by atoms with Crippen LogP contribution < -0.4 is 0 Å². The van der Waals surface area contributed by atoms with E-state index in [2.05, 4.69) is 39.1 Å². The number of rotatable bonds is 4. The Morgan fingerprint density at radius 1 is 0.868 bits per heavy atom. The predicted octanol–water partition coefficient (Wildman–Crippen LogP) is 6.73. The number of hydrogen-bond acceptors (Lipinski definition) is 6. The second-order valence-electron chi connectivity index (χ2n) is 7.61. The van der Waals surface area contributed by atoms with Crippen LogP contribution >= 0.6 is 11.6 Å². The molecule has 2 heterocycles. The number of hydrogen-bond donors (Lipinski definition) is 2. The highest BCUT2D eigenvalue weighted by atomic mass is 35.5. The lowest BCUT2D eigenvalue weighted by molar-refractivity contribution is 0.0592. The van der Waals surface area contributed by atoms with Gasteiger partial charge in [-0.25, -0.2) is 9.59 Å². The van der Waals surface area contributed by atoms with E-state index in [1.165, 1.54) is 14.2 Å². The number of imidazole rings is 2. The zero-order valence-electron chi connectivity index (χ0n) is 20.3. The summed E-state index contributed by atoms with van der Waals surface area (Å²) in [4.78, 5) is 43.0. The molecule has 0 spiro atoms. The molecule has 4 rings (SSSR count). The van der Waals surface area contributed by atoms with Gasteiger partial charge >= 0.3 is 23.8 Å². The van der Waals surface area contributed by atoms with Crippen LogP contribution in [0.2, 0.25) is 5.15 Å². The van der Waals surface area contributed by atoms with E-state index in [4.69, 9.17) is 24.7 Å². The van der Waals surface area contributed by atoms with Crippen LogP contribution in [0.3, 0.4) is 0 Å². The molecule has 0 bridgehead atoms. The Bertz CT molecular complexity index is 1560. The smallest absolute Gasteiger partial charge is 0.338 e. The van der Waals surface area contributed by atoms with Crippen molar-refractivity contribution in [1.82, 2.24) is 19.9 Å². The van der Waals surface area contributed by atoms with Gasteiger partial charge in [0.05, 0.1) is 25.3 Å². The van der Waals surface area contributed by atoms with E-state index in [0.717, 1.165) is 16.7 Å². The van der Waals surface area contributed by atoms with Crippen LogP contribution in [-0.2, 0) is 9.47 Å². The number of ether oxygens (including phenoxy) is 2. The van der Waals surface area contributed by atoms with Crippen LogP contribution in [-0.4, -0.2) is 46.1 Å². The van der Waals surface area contributed by atoms with Crippen LogP contribution in [0.1, 0.15) is 39.3 Å². The number of aryl methyl sites for hydroxylation is 2. The highest BCUT2D eigenvalue weighted by molar-refractivity contribution is 6.32. The van der Waals surface area contributed by atoms with Gasteiger partial charge in [-0.2, -0.15) is 4.98 Å². The minimum absolute atomic E-state index is 0. The van der Waals surface area contributed by atoms with E-state index in [9.17, 15) is 9.59 Å². The van der Waals surface area contributed by atoms with Gasteiger partial charge < -0.3 is 24.1 Å². The Labute approximate surface area is 225 Å². The number of benzene rings is 2. The Hall–Kier alpha value is -4.93.